The molecule has 294 valence electrons. The van der Waals surface area contributed by atoms with Crippen LogP contribution in [0.25, 0.3) is 0 Å². The van der Waals surface area contributed by atoms with Crippen molar-refractivity contribution in [3.63, 3.8) is 0 Å². The fourth-order valence-electron chi connectivity index (χ4n) is 6.89. The van der Waals surface area contributed by atoms with Crippen LogP contribution in [0.5, 0.6) is 0 Å². The molecule has 8 heteroatoms. The lowest BCUT2D eigenvalue weighted by molar-refractivity contribution is -0.143. The number of hydrogen-bond acceptors (Lipinski definition) is 6. The van der Waals surface area contributed by atoms with Crippen LogP contribution in [-0.4, -0.2) is 73.0 Å². The number of piperidine rings is 1. The van der Waals surface area contributed by atoms with Crippen molar-refractivity contribution in [2.45, 2.75) is 206 Å². The zero-order valence-electron chi connectivity index (χ0n) is 33.3. The van der Waals surface area contributed by atoms with E-state index in [2.05, 4.69) is 43.4 Å². The number of likely N-dealkylation sites (tertiary alicyclic amines) is 1. The average molecular weight is 724 g/mol. The lowest BCUT2D eigenvalue weighted by atomic mass is 9.93. The number of thioether (sulfide) groups is 1. The van der Waals surface area contributed by atoms with Crippen LogP contribution in [0.4, 0.5) is 0 Å². The maximum atomic E-state index is 13.7. The van der Waals surface area contributed by atoms with Gasteiger partial charge < -0.3 is 20.3 Å². The third-order valence-corrected chi connectivity index (χ3v) is 11.4. The van der Waals surface area contributed by atoms with Crippen molar-refractivity contribution in [1.82, 2.24) is 15.5 Å². The third-order valence-electron chi connectivity index (χ3n) is 10.4. The van der Waals surface area contributed by atoms with Crippen LogP contribution in [0.1, 0.15) is 194 Å². The number of hydrogen-bond donors (Lipinski definition) is 2. The number of carbonyl (C=O) groups is 3. The summed E-state index contributed by atoms with van der Waals surface area (Å²) >= 11 is 1.67. The summed E-state index contributed by atoms with van der Waals surface area (Å²) in [6.07, 6.45) is 30.6. The van der Waals surface area contributed by atoms with Crippen LogP contribution >= 0.6 is 11.8 Å². The Bertz CT molecular complexity index is 821. The van der Waals surface area contributed by atoms with E-state index in [1.54, 1.807) is 11.8 Å². The smallest absolute Gasteiger partial charge is 0.306 e. The van der Waals surface area contributed by atoms with Gasteiger partial charge in [0, 0.05) is 17.7 Å². The van der Waals surface area contributed by atoms with E-state index in [0.29, 0.717) is 25.2 Å². The molecular weight excluding hydrogens is 643 g/mol. The Kier molecular flexibility index (Phi) is 31.4. The molecule has 0 aromatic carbocycles. The van der Waals surface area contributed by atoms with Gasteiger partial charge in [-0.25, -0.2) is 0 Å². The van der Waals surface area contributed by atoms with E-state index in [-0.39, 0.29) is 29.7 Å². The zero-order chi connectivity index (χ0) is 36.5. The lowest BCUT2D eigenvalue weighted by Crippen LogP contribution is -2.53. The minimum absolute atomic E-state index is 0.0283. The zero-order valence-corrected chi connectivity index (χ0v) is 34.2. The van der Waals surface area contributed by atoms with Crippen molar-refractivity contribution in [2.75, 3.05) is 38.2 Å². The normalized spacial score (nSPS) is 15.1. The predicted molar refractivity (Wildman–Crippen MR) is 215 cm³/mol. The molecule has 0 aromatic heterocycles. The van der Waals surface area contributed by atoms with Gasteiger partial charge in [-0.2, -0.15) is 11.8 Å². The summed E-state index contributed by atoms with van der Waals surface area (Å²) in [5, 5.41) is 6.48. The van der Waals surface area contributed by atoms with Crippen molar-refractivity contribution in [3.8, 4) is 0 Å². The van der Waals surface area contributed by atoms with Gasteiger partial charge in [-0.1, -0.05) is 149 Å². The van der Waals surface area contributed by atoms with E-state index in [9.17, 15) is 14.4 Å². The summed E-state index contributed by atoms with van der Waals surface area (Å²) in [5.74, 6) is 1.23. The Hall–Kier alpha value is -1.28. The molecule has 1 saturated heterocycles. The fraction of sp³-hybridized carbons (Fsp3) is 0.929. The molecule has 1 fully saturated rings. The van der Waals surface area contributed by atoms with Gasteiger partial charge >= 0.3 is 5.97 Å². The SMILES string of the molecule is CCCCCCCCCCCCCOC(=O)CCSCCC(NC(=O)C(CCCCCC)CCCCCCCC)C(=O)NC1CCN(C)CC1. The van der Waals surface area contributed by atoms with Gasteiger partial charge in [-0.05, 0) is 64.4 Å². The molecule has 0 saturated carbocycles. The Morgan fingerprint density at radius 1 is 0.640 bits per heavy atom. The number of esters is 1. The first-order valence-electron chi connectivity index (χ1n) is 21.4. The van der Waals surface area contributed by atoms with E-state index in [0.717, 1.165) is 76.6 Å². The molecule has 7 nitrogen and oxygen atoms in total. The van der Waals surface area contributed by atoms with Crippen LogP contribution < -0.4 is 10.6 Å². The molecule has 0 bridgehead atoms. The van der Waals surface area contributed by atoms with Gasteiger partial charge in [0.2, 0.25) is 11.8 Å². The van der Waals surface area contributed by atoms with E-state index in [1.807, 2.05) is 0 Å². The predicted octanol–water partition coefficient (Wildman–Crippen LogP) is 10.4. The van der Waals surface area contributed by atoms with Crippen LogP contribution in [0.15, 0.2) is 0 Å². The van der Waals surface area contributed by atoms with Crippen LogP contribution in [0.2, 0.25) is 0 Å². The summed E-state index contributed by atoms with van der Waals surface area (Å²) in [7, 11) is 2.12. The second kappa shape index (κ2) is 33.5. The molecule has 1 aliphatic heterocycles. The first-order valence-corrected chi connectivity index (χ1v) is 22.6. The van der Waals surface area contributed by atoms with Crippen LogP contribution in [0.3, 0.4) is 0 Å². The summed E-state index contributed by atoms with van der Waals surface area (Å²) in [5.41, 5.74) is 0. The molecule has 0 aliphatic carbocycles. The molecule has 0 spiro atoms. The number of amides is 2. The quantitative estimate of drug-likeness (QED) is 0.0508. The molecule has 1 aliphatic rings. The minimum Gasteiger partial charge on any atom is -0.466 e. The second-order valence-electron chi connectivity index (χ2n) is 15.2. The first kappa shape index (κ1) is 46.7. The molecule has 2 amide bonds. The monoisotopic (exact) mass is 724 g/mol. The third kappa shape index (κ3) is 26.5. The van der Waals surface area contributed by atoms with Gasteiger partial charge in [-0.15, -0.1) is 0 Å². The Morgan fingerprint density at radius 3 is 1.66 bits per heavy atom. The van der Waals surface area contributed by atoms with Gasteiger partial charge in [0.15, 0.2) is 0 Å². The van der Waals surface area contributed by atoms with Gasteiger partial charge in [-0.3, -0.25) is 14.4 Å². The first-order chi connectivity index (χ1) is 24.4. The molecular formula is C42H81N3O4S. The fourth-order valence-corrected chi connectivity index (χ4v) is 7.81. The van der Waals surface area contributed by atoms with Crippen LogP contribution in [-0.2, 0) is 19.1 Å². The summed E-state index contributed by atoms with van der Waals surface area (Å²) in [6, 6.07) is -0.376. The molecule has 0 radical (unpaired) electrons. The second-order valence-corrected chi connectivity index (χ2v) is 16.4. The highest BCUT2D eigenvalue weighted by molar-refractivity contribution is 7.99. The maximum Gasteiger partial charge on any atom is 0.306 e. The Labute approximate surface area is 313 Å². The molecule has 1 heterocycles. The maximum absolute atomic E-state index is 13.7. The standard InChI is InChI=1S/C42H81N3O4S/c1-5-8-11-14-16-17-18-19-20-22-25-34-49-40(46)31-36-50-35-30-39(42(48)43-38-28-32-45(4)33-29-38)44-41(47)37(26-23-13-10-7-3)27-24-21-15-12-9-6-2/h37-39H,5-36H2,1-4H3,(H,43,48)(H,44,47). The highest BCUT2D eigenvalue weighted by Gasteiger charge is 2.27. The molecule has 2 atom stereocenters. The summed E-state index contributed by atoms with van der Waals surface area (Å²) in [6.45, 7) is 9.19. The molecule has 2 unspecified atom stereocenters. The van der Waals surface area contributed by atoms with Gasteiger partial charge in [0.1, 0.15) is 6.04 Å². The highest BCUT2D eigenvalue weighted by Crippen LogP contribution is 2.21. The van der Waals surface area contributed by atoms with Gasteiger partial charge in [0.25, 0.3) is 0 Å². The number of nitrogens with one attached hydrogen (secondary N) is 2. The van der Waals surface area contributed by atoms with Crippen molar-refractivity contribution in [2.24, 2.45) is 5.92 Å². The van der Waals surface area contributed by atoms with Crippen molar-refractivity contribution >= 4 is 29.5 Å². The van der Waals surface area contributed by atoms with E-state index in [1.165, 1.54) is 103 Å². The largest absolute Gasteiger partial charge is 0.466 e. The summed E-state index contributed by atoms with van der Waals surface area (Å²) < 4.78 is 5.49. The molecule has 1 rings (SSSR count). The van der Waals surface area contributed by atoms with E-state index >= 15 is 0 Å². The number of ether oxygens (including phenoxy) is 1. The highest BCUT2D eigenvalue weighted by atomic mass is 32.2. The molecule has 2 N–H and O–H groups in total. The van der Waals surface area contributed by atoms with Crippen molar-refractivity contribution < 1.29 is 19.1 Å². The van der Waals surface area contributed by atoms with Gasteiger partial charge in [0.05, 0.1) is 13.0 Å². The Balaban J connectivity index is 2.48. The van der Waals surface area contributed by atoms with E-state index < -0.39 is 6.04 Å². The number of carbonyl (C=O) groups excluding carboxylic acids is 3. The molecule has 50 heavy (non-hydrogen) atoms. The number of unbranched alkanes of at least 4 members (excludes halogenated alkanes) is 18. The molecule has 0 aromatic rings. The van der Waals surface area contributed by atoms with Crippen molar-refractivity contribution in [1.29, 1.82) is 0 Å². The Morgan fingerprint density at radius 2 is 1.12 bits per heavy atom. The lowest BCUT2D eigenvalue weighted by Gasteiger charge is -2.31. The van der Waals surface area contributed by atoms with Crippen molar-refractivity contribution in [3.05, 3.63) is 0 Å². The summed E-state index contributed by atoms with van der Waals surface area (Å²) in [4.78, 5) is 41.9. The number of rotatable bonds is 34. The van der Waals surface area contributed by atoms with Crippen LogP contribution in [0, 0.1) is 5.92 Å². The topological polar surface area (TPSA) is 87.7 Å². The minimum atomic E-state index is -0.537. The van der Waals surface area contributed by atoms with E-state index in [4.69, 9.17) is 4.74 Å². The number of nitrogens with zero attached hydrogens (tertiary/aromatic N) is 1. The average Bonchev–Trinajstić information content (AvgIpc) is 3.11.